The molecule has 0 unspecified atom stereocenters. The van der Waals surface area contributed by atoms with E-state index in [1.165, 1.54) is 97.8 Å². The number of nitrogens with zero attached hydrogens (tertiary/aromatic N) is 2. The molecule has 1 aliphatic rings. The van der Waals surface area contributed by atoms with E-state index in [0.717, 1.165) is 34.8 Å². The third-order valence-electron chi connectivity index (χ3n) is 12.4. The van der Waals surface area contributed by atoms with Crippen LogP contribution < -0.4 is 0 Å². The van der Waals surface area contributed by atoms with Crippen molar-refractivity contribution in [2.24, 2.45) is 0 Å². The second-order valence-corrected chi connectivity index (χ2v) is 16.6. The van der Waals surface area contributed by atoms with Gasteiger partial charge in [-0.15, -0.1) is 11.3 Å². The van der Waals surface area contributed by atoms with E-state index >= 15 is 0 Å². The van der Waals surface area contributed by atoms with E-state index in [-0.39, 0.29) is 0 Å². The van der Waals surface area contributed by atoms with Gasteiger partial charge in [-0.05, 0) is 90.7 Å². The second-order valence-electron chi connectivity index (χ2n) is 15.5. The van der Waals surface area contributed by atoms with Gasteiger partial charge >= 0.3 is 0 Å². The van der Waals surface area contributed by atoms with Gasteiger partial charge in [0.05, 0.1) is 16.6 Å². The maximum atomic E-state index is 6.27. The third kappa shape index (κ3) is 4.55. The zero-order chi connectivity index (χ0) is 37.9. The molecular weight excluding hydrogens is 725 g/mol. The molecule has 8 aromatic carbocycles. The summed E-state index contributed by atoms with van der Waals surface area (Å²) in [6.07, 6.45) is 4.37. The third-order valence-corrected chi connectivity index (χ3v) is 13.6. The van der Waals surface area contributed by atoms with Gasteiger partial charge in [0.2, 0.25) is 0 Å². The smallest absolute Gasteiger partial charge is 0.135 e. The van der Waals surface area contributed by atoms with Crippen LogP contribution in [0.4, 0.5) is 0 Å². The highest BCUT2D eigenvalue weighted by molar-refractivity contribution is 7.26. The van der Waals surface area contributed by atoms with Gasteiger partial charge in [0.25, 0.3) is 0 Å². The Balaban J connectivity index is 1.05. The Morgan fingerprint density at radius 1 is 0.448 bits per heavy atom. The fourth-order valence-corrected chi connectivity index (χ4v) is 11.1. The van der Waals surface area contributed by atoms with Gasteiger partial charge in [0, 0.05) is 80.9 Å². The Bertz CT molecular complexity index is 3680. The summed E-state index contributed by atoms with van der Waals surface area (Å²) in [6, 6.07) is 64.3. The van der Waals surface area contributed by atoms with Crippen molar-refractivity contribution < 1.29 is 4.42 Å². The molecule has 0 aliphatic heterocycles. The maximum Gasteiger partial charge on any atom is 0.135 e. The summed E-state index contributed by atoms with van der Waals surface area (Å²) >= 11 is 1.89. The van der Waals surface area contributed by atoms with Gasteiger partial charge in [-0.2, -0.15) is 0 Å². The highest BCUT2D eigenvalue weighted by Crippen LogP contribution is 2.46. The van der Waals surface area contributed by atoms with Crippen LogP contribution >= 0.6 is 11.3 Å². The molecule has 58 heavy (non-hydrogen) atoms. The zero-order valence-corrected chi connectivity index (χ0v) is 32.3. The molecule has 4 heteroatoms. The van der Waals surface area contributed by atoms with E-state index < -0.39 is 0 Å². The van der Waals surface area contributed by atoms with Crippen LogP contribution in [0.2, 0.25) is 0 Å². The van der Waals surface area contributed by atoms with Gasteiger partial charge in [-0.3, -0.25) is 0 Å². The molecule has 0 N–H and O–H groups in total. The highest BCUT2D eigenvalue weighted by Gasteiger charge is 2.25. The molecule has 12 aromatic rings. The summed E-state index contributed by atoms with van der Waals surface area (Å²) in [4.78, 5) is 0. The summed E-state index contributed by atoms with van der Waals surface area (Å²) in [5.41, 5.74) is 15.8. The average molecular weight is 759 g/mol. The Morgan fingerprint density at radius 2 is 1.16 bits per heavy atom. The number of benzene rings is 8. The summed E-state index contributed by atoms with van der Waals surface area (Å²) < 4.78 is 13.9. The normalized spacial score (nSPS) is 13.1. The lowest BCUT2D eigenvalue weighted by atomic mass is 9.90. The summed E-state index contributed by atoms with van der Waals surface area (Å²) in [7, 11) is 0. The number of para-hydroxylation sites is 5. The number of hydrogen-bond donors (Lipinski definition) is 0. The molecule has 4 heterocycles. The Kier molecular flexibility index (Phi) is 6.72. The van der Waals surface area contributed by atoms with Crippen molar-refractivity contribution in [2.75, 3.05) is 0 Å². The number of thiophene rings is 1. The fraction of sp³-hybridized carbons (Fsp3) is 0.0370. The van der Waals surface area contributed by atoms with Crippen LogP contribution in [-0.4, -0.2) is 9.13 Å². The maximum absolute atomic E-state index is 6.27. The number of allylic oxidation sites excluding steroid dienone is 1. The van der Waals surface area contributed by atoms with E-state index in [4.69, 9.17) is 4.42 Å². The summed E-state index contributed by atoms with van der Waals surface area (Å²) in [5.74, 6) is 0. The molecule has 3 nitrogen and oxygen atoms in total. The van der Waals surface area contributed by atoms with Crippen molar-refractivity contribution >= 4 is 97.8 Å². The molecule has 0 saturated carbocycles. The average Bonchev–Trinajstić information content (AvgIpc) is 4.04. The minimum atomic E-state index is 0.918. The topological polar surface area (TPSA) is 23.0 Å². The van der Waals surface area contributed by atoms with Crippen molar-refractivity contribution in [1.29, 1.82) is 0 Å². The number of furan rings is 1. The van der Waals surface area contributed by atoms with Gasteiger partial charge in [-0.25, -0.2) is 0 Å². The second kappa shape index (κ2) is 12.2. The van der Waals surface area contributed by atoms with Crippen molar-refractivity contribution in [3.05, 3.63) is 193 Å². The summed E-state index contributed by atoms with van der Waals surface area (Å²) in [6.45, 7) is 0. The van der Waals surface area contributed by atoms with Gasteiger partial charge in [0.15, 0.2) is 0 Å². The first-order valence-electron chi connectivity index (χ1n) is 20.0. The first-order chi connectivity index (χ1) is 28.8. The SMILES string of the molecule is C1=C(c2cccc3c4ccccc4n(-c4ccccc4)c23)CCc2c1c1ccccc1n2-c1cc(-c2ccc3oc4ccccc4c3c2)c2sc3ccccc3c2c1. The molecule has 0 fully saturated rings. The monoisotopic (exact) mass is 758 g/mol. The lowest BCUT2D eigenvalue weighted by molar-refractivity contribution is 0.669. The molecule has 272 valence electrons. The number of rotatable bonds is 4. The van der Waals surface area contributed by atoms with Crippen molar-refractivity contribution in [3.63, 3.8) is 0 Å². The van der Waals surface area contributed by atoms with E-state index in [9.17, 15) is 0 Å². The highest BCUT2D eigenvalue weighted by atomic mass is 32.1. The molecule has 0 spiro atoms. The van der Waals surface area contributed by atoms with Crippen LogP contribution in [0.3, 0.4) is 0 Å². The van der Waals surface area contributed by atoms with Gasteiger partial charge in [0.1, 0.15) is 11.2 Å². The van der Waals surface area contributed by atoms with Crippen LogP contribution in [0, 0.1) is 0 Å². The molecule has 0 amide bonds. The van der Waals surface area contributed by atoms with E-state index in [2.05, 4.69) is 185 Å². The number of aromatic nitrogens is 2. The van der Waals surface area contributed by atoms with E-state index in [0.29, 0.717) is 0 Å². The van der Waals surface area contributed by atoms with Crippen LogP contribution in [0.5, 0.6) is 0 Å². The predicted molar refractivity (Wildman–Crippen MR) is 246 cm³/mol. The van der Waals surface area contributed by atoms with Crippen LogP contribution in [0.1, 0.15) is 23.2 Å². The minimum Gasteiger partial charge on any atom is -0.456 e. The zero-order valence-electron chi connectivity index (χ0n) is 31.4. The van der Waals surface area contributed by atoms with E-state index in [1.54, 1.807) is 0 Å². The molecule has 1 aliphatic carbocycles. The molecule has 13 rings (SSSR count). The number of fused-ring (bicyclic) bond motifs is 12. The Labute approximate surface area is 337 Å². The van der Waals surface area contributed by atoms with Gasteiger partial charge < -0.3 is 13.6 Å². The largest absolute Gasteiger partial charge is 0.456 e. The summed E-state index contributed by atoms with van der Waals surface area (Å²) in [5, 5.41) is 8.75. The van der Waals surface area contributed by atoms with Gasteiger partial charge in [-0.1, -0.05) is 115 Å². The van der Waals surface area contributed by atoms with E-state index in [1.807, 2.05) is 17.4 Å². The van der Waals surface area contributed by atoms with Crippen LogP contribution in [0.25, 0.3) is 109 Å². The van der Waals surface area contributed by atoms with Crippen molar-refractivity contribution in [2.45, 2.75) is 12.8 Å². The number of hydrogen-bond acceptors (Lipinski definition) is 2. The Morgan fingerprint density at radius 3 is 2.03 bits per heavy atom. The molecule has 4 aromatic heterocycles. The van der Waals surface area contributed by atoms with Crippen LogP contribution in [0.15, 0.2) is 180 Å². The van der Waals surface area contributed by atoms with Crippen molar-refractivity contribution in [1.82, 2.24) is 9.13 Å². The molecule has 0 radical (unpaired) electrons. The lowest BCUT2D eigenvalue weighted by Crippen LogP contribution is -2.06. The Hall–Kier alpha value is -7.14. The molecule has 0 atom stereocenters. The van der Waals surface area contributed by atoms with Crippen molar-refractivity contribution in [3.8, 4) is 22.5 Å². The first-order valence-corrected chi connectivity index (χ1v) is 20.9. The fourth-order valence-electron chi connectivity index (χ4n) is 9.90. The molecular formula is C54H34N2OS. The van der Waals surface area contributed by atoms with Crippen LogP contribution in [-0.2, 0) is 6.42 Å². The first kappa shape index (κ1) is 32.0. The minimum absolute atomic E-state index is 0.918. The molecule has 0 saturated heterocycles. The standard InChI is InChI=1S/C54H34N2OS/c1-2-13-35(14-3-1)56-48-22-9-4-15-38(48)42-20-12-19-37(53(42)56)33-25-27-49-44(29-33)39-16-5-8-21-47(39)55(49)36-31-43(54-46(32-36)41-18-7-11-24-52(41)58-54)34-26-28-51-45(30-34)40-17-6-10-23-50(40)57-51/h1-24,26,28-32H,25,27H2. The molecule has 0 bridgehead atoms. The quantitative estimate of drug-likeness (QED) is 0.175. The lowest BCUT2D eigenvalue weighted by Gasteiger charge is -2.20. The predicted octanol–water partition coefficient (Wildman–Crippen LogP) is 15.1.